The van der Waals surface area contributed by atoms with Gasteiger partial charge in [0.2, 0.25) is 5.91 Å². The lowest BCUT2D eigenvalue weighted by molar-refractivity contribution is -0.141. The molecule has 3 amide bonds. The quantitative estimate of drug-likeness (QED) is 0.751. The van der Waals surface area contributed by atoms with Crippen molar-refractivity contribution in [3.05, 3.63) is 0 Å². The molecular weight excluding hydrogens is 282 g/mol. The zero-order valence-electron chi connectivity index (χ0n) is 11.4. The Labute approximate surface area is 121 Å². The van der Waals surface area contributed by atoms with Crippen LogP contribution in [-0.2, 0) is 9.59 Å². The number of thioether (sulfide) groups is 1. The number of carbonyl (C=O) groups excluding carboxylic acids is 2. The summed E-state index contributed by atoms with van der Waals surface area (Å²) in [6.07, 6.45) is 1.26. The second-order valence-corrected chi connectivity index (χ2v) is 5.98. The standard InChI is InChI=1S/C12H19N3O4S/c1-13-10(16)8-2-4-14(5-3-8)12(19)15-7-20-6-9(15)11(17)18/h8-9H,2-7H2,1H3,(H,13,16)(H,17,18)/t9-/m0/s1. The molecule has 7 nitrogen and oxygen atoms in total. The molecule has 2 heterocycles. The third kappa shape index (κ3) is 3.00. The minimum atomic E-state index is -0.955. The number of likely N-dealkylation sites (tertiary alicyclic amines) is 1. The Hall–Kier alpha value is -1.44. The van der Waals surface area contributed by atoms with Crippen LogP contribution >= 0.6 is 11.8 Å². The van der Waals surface area contributed by atoms with Crippen LogP contribution in [0.3, 0.4) is 0 Å². The summed E-state index contributed by atoms with van der Waals surface area (Å²) >= 11 is 1.45. The van der Waals surface area contributed by atoms with Crippen molar-refractivity contribution in [1.82, 2.24) is 15.1 Å². The first-order valence-corrected chi connectivity index (χ1v) is 7.77. The van der Waals surface area contributed by atoms with Gasteiger partial charge in [-0.3, -0.25) is 4.79 Å². The second-order valence-electron chi connectivity index (χ2n) is 4.98. The van der Waals surface area contributed by atoms with Crippen LogP contribution in [-0.4, -0.2) is 70.6 Å². The predicted molar refractivity (Wildman–Crippen MR) is 74.3 cm³/mol. The van der Waals surface area contributed by atoms with Gasteiger partial charge in [-0.1, -0.05) is 0 Å². The number of amides is 3. The molecule has 2 fully saturated rings. The Balaban J connectivity index is 1.91. The molecular formula is C12H19N3O4S. The fourth-order valence-corrected chi connectivity index (χ4v) is 3.69. The Morgan fingerprint density at radius 3 is 2.45 bits per heavy atom. The van der Waals surface area contributed by atoms with Crippen LogP contribution in [0.25, 0.3) is 0 Å². The maximum Gasteiger partial charge on any atom is 0.327 e. The highest BCUT2D eigenvalue weighted by atomic mass is 32.2. The maximum absolute atomic E-state index is 12.3. The smallest absolute Gasteiger partial charge is 0.327 e. The maximum atomic E-state index is 12.3. The molecule has 0 aromatic carbocycles. The summed E-state index contributed by atoms with van der Waals surface area (Å²) < 4.78 is 0. The minimum absolute atomic E-state index is 0.0113. The minimum Gasteiger partial charge on any atom is -0.480 e. The number of urea groups is 1. The normalized spacial score (nSPS) is 23.8. The first-order valence-electron chi connectivity index (χ1n) is 6.62. The van der Waals surface area contributed by atoms with Crippen LogP contribution in [0.4, 0.5) is 4.79 Å². The van der Waals surface area contributed by atoms with E-state index >= 15 is 0 Å². The molecule has 8 heteroatoms. The average molecular weight is 301 g/mol. The molecule has 0 unspecified atom stereocenters. The van der Waals surface area contributed by atoms with Gasteiger partial charge in [-0.2, -0.15) is 0 Å². The van der Waals surface area contributed by atoms with Crippen molar-refractivity contribution in [3.8, 4) is 0 Å². The molecule has 2 aliphatic rings. The van der Waals surface area contributed by atoms with Crippen molar-refractivity contribution in [2.24, 2.45) is 5.92 Å². The number of aliphatic carboxylic acids is 1. The second kappa shape index (κ2) is 6.34. The molecule has 0 bridgehead atoms. The summed E-state index contributed by atoms with van der Waals surface area (Å²) in [6.45, 7) is 1.01. The van der Waals surface area contributed by atoms with Gasteiger partial charge < -0.3 is 20.2 Å². The van der Waals surface area contributed by atoms with E-state index in [1.165, 1.54) is 16.7 Å². The average Bonchev–Trinajstić information content (AvgIpc) is 2.95. The Morgan fingerprint density at radius 1 is 1.25 bits per heavy atom. The van der Waals surface area contributed by atoms with Crippen LogP contribution in [0.2, 0.25) is 0 Å². The number of nitrogens with zero attached hydrogens (tertiary/aromatic N) is 2. The van der Waals surface area contributed by atoms with Gasteiger partial charge in [0.1, 0.15) is 6.04 Å². The summed E-state index contributed by atoms with van der Waals surface area (Å²) in [7, 11) is 1.61. The summed E-state index contributed by atoms with van der Waals surface area (Å²) in [6, 6.07) is -0.957. The number of carboxylic acid groups (broad SMARTS) is 1. The number of piperidine rings is 1. The monoisotopic (exact) mass is 301 g/mol. The third-order valence-electron chi connectivity index (χ3n) is 3.80. The fraction of sp³-hybridized carbons (Fsp3) is 0.750. The fourth-order valence-electron chi connectivity index (χ4n) is 2.55. The van der Waals surface area contributed by atoms with Gasteiger partial charge in [-0.05, 0) is 12.8 Å². The highest BCUT2D eigenvalue weighted by molar-refractivity contribution is 7.99. The van der Waals surface area contributed by atoms with E-state index in [0.29, 0.717) is 37.6 Å². The molecule has 2 rings (SSSR count). The van der Waals surface area contributed by atoms with Gasteiger partial charge in [0.05, 0.1) is 5.88 Å². The number of carbonyl (C=O) groups is 3. The molecule has 0 radical (unpaired) electrons. The molecule has 2 N–H and O–H groups in total. The molecule has 112 valence electrons. The van der Waals surface area contributed by atoms with Gasteiger partial charge in [0.25, 0.3) is 0 Å². The number of rotatable bonds is 2. The zero-order valence-corrected chi connectivity index (χ0v) is 12.2. The third-order valence-corrected chi connectivity index (χ3v) is 4.81. The van der Waals surface area contributed by atoms with Gasteiger partial charge in [0, 0.05) is 31.8 Å². The number of carboxylic acids is 1. The molecule has 20 heavy (non-hydrogen) atoms. The van der Waals surface area contributed by atoms with Crippen molar-refractivity contribution in [3.63, 3.8) is 0 Å². The lowest BCUT2D eigenvalue weighted by Crippen LogP contribution is -2.51. The Bertz CT molecular complexity index is 410. The summed E-state index contributed by atoms with van der Waals surface area (Å²) in [5, 5.41) is 11.7. The SMILES string of the molecule is CNC(=O)C1CCN(C(=O)N2CSC[C@H]2C(=O)O)CC1. The number of nitrogens with one attached hydrogen (secondary N) is 1. The van der Waals surface area contributed by atoms with E-state index in [1.807, 2.05) is 0 Å². The van der Waals surface area contributed by atoms with E-state index in [1.54, 1.807) is 11.9 Å². The topological polar surface area (TPSA) is 90.0 Å². The van der Waals surface area contributed by atoms with Crippen molar-refractivity contribution in [2.45, 2.75) is 18.9 Å². The summed E-state index contributed by atoms with van der Waals surface area (Å²) in [5.41, 5.74) is 0. The first-order chi connectivity index (χ1) is 9.54. The van der Waals surface area contributed by atoms with Crippen LogP contribution in [0, 0.1) is 5.92 Å². The molecule has 0 spiro atoms. The zero-order chi connectivity index (χ0) is 14.7. The Morgan fingerprint density at radius 2 is 1.90 bits per heavy atom. The molecule has 0 aromatic rings. The highest BCUT2D eigenvalue weighted by Gasteiger charge is 2.38. The van der Waals surface area contributed by atoms with Gasteiger partial charge in [-0.25, -0.2) is 9.59 Å². The first kappa shape index (κ1) is 15.0. The lowest BCUT2D eigenvalue weighted by atomic mass is 9.96. The summed E-state index contributed by atoms with van der Waals surface area (Å²) in [4.78, 5) is 38.0. The van der Waals surface area contributed by atoms with E-state index in [2.05, 4.69) is 5.32 Å². The number of hydrogen-bond donors (Lipinski definition) is 2. The van der Waals surface area contributed by atoms with E-state index in [9.17, 15) is 14.4 Å². The summed E-state index contributed by atoms with van der Waals surface area (Å²) in [5.74, 6) is -0.130. The van der Waals surface area contributed by atoms with Crippen molar-refractivity contribution >= 4 is 29.7 Å². The van der Waals surface area contributed by atoms with E-state index in [0.717, 1.165) is 0 Å². The van der Waals surface area contributed by atoms with Crippen LogP contribution in [0.1, 0.15) is 12.8 Å². The molecule has 0 saturated carbocycles. The van der Waals surface area contributed by atoms with Gasteiger partial charge in [0.15, 0.2) is 0 Å². The molecule has 2 saturated heterocycles. The largest absolute Gasteiger partial charge is 0.480 e. The van der Waals surface area contributed by atoms with Crippen LogP contribution in [0.15, 0.2) is 0 Å². The van der Waals surface area contributed by atoms with E-state index < -0.39 is 12.0 Å². The van der Waals surface area contributed by atoms with Crippen LogP contribution < -0.4 is 5.32 Å². The van der Waals surface area contributed by atoms with E-state index in [4.69, 9.17) is 5.11 Å². The van der Waals surface area contributed by atoms with E-state index in [-0.39, 0.29) is 17.9 Å². The van der Waals surface area contributed by atoms with Gasteiger partial charge >= 0.3 is 12.0 Å². The lowest BCUT2D eigenvalue weighted by Gasteiger charge is -2.34. The van der Waals surface area contributed by atoms with Crippen molar-refractivity contribution < 1.29 is 19.5 Å². The Kier molecular flexibility index (Phi) is 4.74. The predicted octanol–water partition coefficient (Wildman–Crippen LogP) is 0.0239. The molecule has 2 aliphatic heterocycles. The highest BCUT2D eigenvalue weighted by Crippen LogP contribution is 2.25. The van der Waals surface area contributed by atoms with Gasteiger partial charge in [-0.15, -0.1) is 11.8 Å². The molecule has 0 aromatic heterocycles. The van der Waals surface area contributed by atoms with Crippen molar-refractivity contribution in [2.75, 3.05) is 31.8 Å². The molecule has 0 aliphatic carbocycles. The molecule has 1 atom stereocenters. The van der Waals surface area contributed by atoms with Crippen LogP contribution in [0.5, 0.6) is 0 Å². The van der Waals surface area contributed by atoms with Crippen molar-refractivity contribution in [1.29, 1.82) is 0 Å². The number of hydrogen-bond acceptors (Lipinski definition) is 4.